The number of nitrogens with zero attached hydrogens (tertiary/aromatic N) is 3. The number of hydrogen-bond acceptors (Lipinski definition) is 4. The first kappa shape index (κ1) is 14.1. The van der Waals surface area contributed by atoms with Crippen molar-refractivity contribution in [1.29, 1.82) is 0 Å². The molecule has 0 radical (unpaired) electrons. The Hall–Kier alpha value is -1.85. The van der Waals surface area contributed by atoms with Crippen molar-refractivity contribution in [2.24, 2.45) is 5.41 Å². The summed E-state index contributed by atoms with van der Waals surface area (Å²) in [6, 6.07) is 0. The van der Waals surface area contributed by atoms with Gasteiger partial charge in [-0.15, -0.1) is 0 Å². The normalized spacial score (nSPS) is 17.1. The van der Waals surface area contributed by atoms with E-state index in [1.54, 1.807) is 10.9 Å². The van der Waals surface area contributed by atoms with Crippen molar-refractivity contribution in [3.8, 4) is 0 Å². The van der Waals surface area contributed by atoms with Gasteiger partial charge in [-0.25, -0.2) is 4.68 Å². The summed E-state index contributed by atoms with van der Waals surface area (Å²) in [5, 5.41) is 8.14. The second-order valence-corrected chi connectivity index (χ2v) is 7.09. The Bertz CT molecular complexity index is 718. The molecule has 3 rings (SSSR count). The summed E-state index contributed by atoms with van der Waals surface area (Å²) in [4.78, 5) is 19.5. The topological polar surface area (TPSA) is 75.6 Å². The Morgan fingerprint density at radius 3 is 2.71 bits per heavy atom. The lowest BCUT2D eigenvalue weighted by molar-refractivity contribution is 0.366. The molecule has 0 amide bonds. The van der Waals surface area contributed by atoms with Crippen LogP contribution in [0.1, 0.15) is 47.0 Å². The maximum absolute atomic E-state index is 12.2. The molecule has 0 atom stereocenters. The summed E-state index contributed by atoms with van der Waals surface area (Å²) < 4.78 is 1.80. The Kier molecular flexibility index (Phi) is 3.07. The first-order chi connectivity index (χ1) is 9.85. The minimum atomic E-state index is -0.207. The van der Waals surface area contributed by atoms with Gasteiger partial charge in [0.2, 0.25) is 5.95 Å². The van der Waals surface area contributed by atoms with Gasteiger partial charge in [0.1, 0.15) is 5.39 Å². The van der Waals surface area contributed by atoms with Crippen LogP contribution < -0.4 is 10.9 Å². The van der Waals surface area contributed by atoms with Gasteiger partial charge in [-0.05, 0) is 45.4 Å². The molecule has 2 aromatic rings. The molecule has 1 aliphatic carbocycles. The van der Waals surface area contributed by atoms with Crippen molar-refractivity contribution >= 4 is 17.0 Å². The second kappa shape index (κ2) is 4.58. The summed E-state index contributed by atoms with van der Waals surface area (Å²) in [7, 11) is 0. The predicted octanol–water partition coefficient (Wildman–Crippen LogP) is 2.48. The molecule has 0 aromatic carbocycles. The van der Waals surface area contributed by atoms with Gasteiger partial charge in [0, 0.05) is 6.54 Å². The average molecular weight is 289 g/mol. The zero-order valence-electron chi connectivity index (χ0n) is 13.2. The summed E-state index contributed by atoms with van der Waals surface area (Å²) in [6.45, 7) is 9.22. The second-order valence-electron chi connectivity index (χ2n) is 7.09. The van der Waals surface area contributed by atoms with Crippen LogP contribution in [-0.4, -0.2) is 26.3 Å². The molecular formula is C15H23N5O. The van der Waals surface area contributed by atoms with Crippen molar-refractivity contribution in [3.63, 3.8) is 0 Å². The molecule has 2 heterocycles. The Morgan fingerprint density at radius 2 is 2.14 bits per heavy atom. The summed E-state index contributed by atoms with van der Waals surface area (Å²) in [6.07, 6.45) is 5.25. The number of aromatic nitrogens is 4. The van der Waals surface area contributed by atoms with Crippen LogP contribution in [0.25, 0.3) is 11.0 Å². The molecule has 0 unspecified atom stereocenters. The zero-order valence-corrected chi connectivity index (χ0v) is 13.2. The van der Waals surface area contributed by atoms with Crippen LogP contribution in [0.4, 0.5) is 5.95 Å². The Morgan fingerprint density at radius 1 is 1.43 bits per heavy atom. The molecule has 114 valence electrons. The number of aromatic amines is 1. The molecule has 0 bridgehead atoms. The van der Waals surface area contributed by atoms with Crippen LogP contribution in [-0.2, 0) is 5.54 Å². The van der Waals surface area contributed by atoms with Gasteiger partial charge >= 0.3 is 0 Å². The van der Waals surface area contributed by atoms with Crippen molar-refractivity contribution in [1.82, 2.24) is 19.7 Å². The maximum Gasteiger partial charge on any atom is 0.263 e. The predicted molar refractivity (Wildman–Crippen MR) is 83.6 cm³/mol. The number of fused-ring (bicyclic) bond motifs is 1. The molecule has 6 nitrogen and oxygen atoms in total. The fourth-order valence-electron chi connectivity index (χ4n) is 2.60. The van der Waals surface area contributed by atoms with Crippen LogP contribution in [0, 0.1) is 5.41 Å². The third kappa shape index (κ3) is 2.54. The van der Waals surface area contributed by atoms with Gasteiger partial charge in [0.25, 0.3) is 5.56 Å². The zero-order chi connectivity index (χ0) is 15.3. The lowest BCUT2D eigenvalue weighted by atomic mass is 10.0. The molecule has 2 N–H and O–H groups in total. The lowest BCUT2D eigenvalue weighted by Gasteiger charge is -2.20. The molecule has 0 aliphatic heterocycles. The monoisotopic (exact) mass is 289 g/mol. The highest BCUT2D eigenvalue weighted by atomic mass is 16.1. The fraction of sp³-hybridized carbons (Fsp3) is 0.667. The standard InChI is InChI=1S/C15H23N5O/c1-5-15(6-7-15)9-16-13-18-11-10(12(21)19-13)8-17-20(11)14(2,3)4/h8H,5-7,9H2,1-4H3,(H2,16,18,19,21). The minimum absolute atomic E-state index is 0.139. The highest BCUT2D eigenvalue weighted by Gasteiger charge is 2.40. The molecule has 21 heavy (non-hydrogen) atoms. The molecule has 0 saturated heterocycles. The van der Waals surface area contributed by atoms with Crippen LogP contribution >= 0.6 is 0 Å². The summed E-state index contributed by atoms with van der Waals surface area (Å²) in [5.41, 5.74) is 0.688. The van der Waals surface area contributed by atoms with Crippen LogP contribution in [0.3, 0.4) is 0 Å². The quantitative estimate of drug-likeness (QED) is 0.906. The number of H-pyrrole nitrogens is 1. The van der Waals surface area contributed by atoms with Gasteiger partial charge in [-0.2, -0.15) is 10.1 Å². The molecule has 1 saturated carbocycles. The van der Waals surface area contributed by atoms with E-state index in [1.165, 1.54) is 12.8 Å². The van der Waals surface area contributed by atoms with E-state index >= 15 is 0 Å². The molecule has 2 aromatic heterocycles. The minimum Gasteiger partial charge on any atom is -0.355 e. The first-order valence-electron chi connectivity index (χ1n) is 7.57. The lowest BCUT2D eigenvalue weighted by Crippen LogP contribution is -2.25. The number of hydrogen-bond donors (Lipinski definition) is 2. The van der Waals surface area contributed by atoms with E-state index in [9.17, 15) is 4.79 Å². The van der Waals surface area contributed by atoms with E-state index in [0.717, 1.165) is 13.0 Å². The van der Waals surface area contributed by atoms with Gasteiger partial charge in [-0.1, -0.05) is 6.92 Å². The number of anilines is 1. The van der Waals surface area contributed by atoms with Gasteiger partial charge in [0.05, 0.1) is 11.7 Å². The van der Waals surface area contributed by atoms with Crippen molar-refractivity contribution in [2.45, 2.75) is 52.5 Å². The highest BCUT2D eigenvalue weighted by molar-refractivity contribution is 5.74. The number of nitrogens with one attached hydrogen (secondary N) is 2. The van der Waals surface area contributed by atoms with Crippen LogP contribution in [0.2, 0.25) is 0 Å². The maximum atomic E-state index is 12.2. The SMILES string of the molecule is CCC1(CNc2nc3c(cnn3C(C)(C)C)c(=O)[nH]2)CC1. The summed E-state index contributed by atoms with van der Waals surface area (Å²) in [5.74, 6) is 0.540. The van der Waals surface area contributed by atoms with E-state index in [1.807, 2.05) is 20.8 Å². The fourth-order valence-corrected chi connectivity index (χ4v) is 2.60. The molecular weight excluding hydrogens is 266 g/mol. The highest BCUT2D eigenvalue weighted by Crippen LogP contribution is 2.48. The van der Waals surface area contributed by atoms with E-state index in [2.05, 4.69) is 27.3 Å². The van der Waals surface area contributed by atoms with E-state index in [-0.39, 0.29) is 11.1 Å². The van der Waals surface area contributed by atoms with E-state index < -0.39 is 0 Å². The first-order valence-corrected chi connectivity index (χ1v) is 7.57. The molecule has 6 heteroatoms. The average Bonchev–Trinajstić information content (AvgIpc) is 3.06. The van der Waals surface area contributed by atoms with Gasteiger partial charge in [0.15, 0.2) is 5.65 Å². The van der Waals surface area contributed by atoms with Crippen LogP contribution in [0.5, 0.6) is 0 Å². The third-order valence-electron chi connectivity index (χ3n) is 4.41. The third-order valence-corrected chi connectivity index (χ3v) is 4.41. The Labute approximate surface area is 124 Å². The van der Waals surface area contributed by atoms with Crippen molar-refractivity contribution < 1.29 is 0 Å². The van der Waals surface area contributed by atoms with E-state index in [4.69, 9.17) is 0 Å². The van der Waals surface area contributed by atoms with Gasteiger partial charge < -0.3 is 5.32 Å². The van der Waals surface area contributed by atoms with Gasteiger partial charge in [-0.3, -0.25) is 9.78 Å². The molecule has 0 spiro atoms. The van der Waals surface area contributed by atoms with E-state index in [0.29, 0.717) is 22.4 Å². The smallest absolute Gasteiger partial charge is 0.263 e. The Balaban J connectivity index is 1.95. The molecule has 1 fully saturated rings. The van der Waals surface area contributed by atoms with Crippen molar-refractivity contribution in [3.05, 3.63) is 16.6 Å². The summed E-state index contributed by atoms with van der Waals surface area (Å²) >= 11 is 0. The largest absolute Gasteiger partial charge is 0.355 e. The molecule has 1 aliphatic rings. The number of rotatable bonds is 4. The van der Waals surface area contributed by atoms with Crippen LogP contribution in [0.15, 0.2) is 11.0 Å². The van der Waals surface area contributed by atoms with Crippen molar-refractivity contribution in [2.75, 3.05) is 11.9 Å².